The molecule has 0 aliphatic rings. The van der Waals surface area contributed by atoms with E-state index in [1.54, 1.807) is 0 Å². The molecule has 0 bridgehead atoms. The summed E-state index contributed by atoms with van der Waals surface area (Å²) in [7, 11) is 4.28. The van der Waals surface area contributed by atoms with E-state index in [4.69, 9.17) is 0 Å². The largest absolute Gasteiger partial charge is 0.0899 e. The molecule has 1 atom stereocenters. The van der Waals surface area contributed by atoms with Crippen molar-refractivity contribution in [3.63, 3.8) is 0 Å². The maximum absolute atomic E-state index is 2.39. The summed E-state index contributed by atoms with van der Waals surface area (Å²) in [5, 5.41) is 0.854. The van der Waals surface area contributed by atoms with Crippen LogP contribution in [0.1, 0.15) is 112 Å². The fourth-order valence-electron chi connectivity index (χ4n) is 2.87. The highest BCUT2D eigenvalue weighted by Crippen LogP contribution is 2.43. The van der Waals surface area contributed by atoms with Gasteiger partial charge in [0.05, 0.1) is 0 Å². The minimum atomic E-state index is 0.382. The van der Waals surface area contributed by atoms with Crippen molar-refractivity contribution in [2.45, 2.75) is 122 Å². The number of rotatable bonds is 14. The van der Waals surface area contributed by atoms with E-state index in [-0.39, 0.29) is 0 Å². The minimum absolute atomic E-state index is 0.382. The van der Waals surface area contributed by atoms with Gasteiger partial charge in [0.15, 0.2) is 0 Å². The topological polar surface area (TPSA) is 0 Å². The standard InChI is InChI=1S/C20H42S2/c1-7-10-12-14-16-18(17-15-13-11-8-2)19(9-3)21-22-20(4,5)6/h18-19H,7-17H2,1-6H3. The smallest absolute Gasteiger partial charge is 0.0179 e. The second-order valence-electron chi connectivity index (χ2n) is 7.70. The minimum Gasteiger partial charge on any atom is -0.0899 e. The fourth-order valence-corrected chi connectivity index (χ4v) is 5.96. The van der Waals surface area contributed by atoms with Crippen molar-refractivity contribution < 1.29 is 0 Å². The van der Waals surface area contributed by atoms with Crippen molar-refractivity contribution in [2.24, 2.45) is 5.92 Å². The monoisotopic (exact) mass is 346 g/mol. The summed E-state index contributed by atoms with van der Waals surface area (Å²) in [6, 6.07) is 0. The summed E-state index contributed by atoms with van der Waals surface area (Å²) in [6.45, 7) is 14.0. The lowest BCUT2D eigenvalue weighted by Crippen LogP contribution is -2.18. The van der Waals surface area contributed by atoms with Gasteiger partial charge in [-0.1, -0.05) is 114 Å². The number of unbranched alkanes of at least 4 members (excludes halogenated alkanes) is 6. The molecule has 0 nitrogen and oxygen atoms in total. The van der Waals surface area contributed by atoms with Crippen molar-refractivity contribution in [3.05, 3.63) is 0 Å². The molecule has 0 aromatic carbocycles. The predicted molar refractivity (Wildman–Crippen MR) is 110 cm³/mol. The highest BCUT2D eigenvalue weighted by molar-refractivity contribution is 8.77. The predicted octanol–water partition coefficient (Wildman–Crippen LogP) is 8.50. The first-order valence-electron chi connectivity index (χ1n) is 9.79. The molecule has 1 unspecified atom stereocenters. The third kappa shape index (κ3) is 13.2. The molecule has 0 fully saturated rings. The van der Waals surface area contributed by atoms with Crippen molar-refractivity contribution in [1.82, 2.24) is 0 Å². The van der Waals surface area contributed by atoms with Crippen molar-refractivity contribution in [2.75, 3.05) is 0 Å². The maximum atomic E-state index is 2.39. The van der Waals surface area contributed by atoms with Crippen LogP contribution < -0.4 is 0 Å². The van der Waals surface area contributed by atoms with Gasteiger partial charge >= 0.3 is 0 Å². The molecule has 0 saturated heterocycles. The van der Waals surface area contributed by atoms with E-state index < -0.39 is 0 Å². The Labute approximate surface area is 149 Å². The fraction of sp³-hybridized carbons (Fsp3) is 1.00. The van der Waals surface area contributed by atoms with Gasteiger partial charge in [-0.25, -0.2) is 0 Å². The molecule has 0 aliphatic heterocycles. The molecule has 0 saturated carbocycles. The van der Waals surface area contributed by atoms with Crippen molar-refractivity contribution >= 4 is 21.6 Å². The van der Waals surface area contributed by atoms with Gasteiger partial charge in [0.25, 0.3) is 0 Å². The average Bonchev–Trinajstić information content (AvgIpc) is 2.46. The van der Waals surface area contributed by atoms with Crippen LogP contribution in [-0.4, -0.2) is 10.00 Å². The SMILES string of the molecule is CCCCCCC(CCCCCC)C(CC)SSC(C)(C)C. The Morgan fingerprint density at radius 1 is 0.727 bits per heavy atom. The van der Waals surface area contributed by atoms with Gasteiger partial charge < -0.3 is 0 Å². The summed E-state index contributed by atoms with van der Waals surface area (Å²) in [5.41, 5.74) is 0. The van der Waals surface area contributed by atoms with Gasteiger partial charge in [0, 0.05) is 10.00 Å². The zero-order valence-electron chi connectivity index (χ0n) is 16.2. The summed E-state index contributed by atoms with van der Waals surface area (Å²) in [5.74, 6) is 0.943. The van der Waals surface area contributed by atoms with E-state index in [0.717, 1.165) is 11.2 Å². The first kappa shape index (κ1) is 22.7. The third-order valence-corrected chi connectivity index (χ3v) is 8.30. The molecular weight excluding hydrogens is 304 g/mol. The van der Waals surface area contributed by atoms with E-state index in [1.165, 1.54) is 70.6 Å². The van der Waals surface area contributed by atoms with E-state index in [2.05, 4.69) is 63.1 Å². The molecule has 0 radical (unpaired) electrons. The molecule has 0 N–H and O–H groups in total. The number of hydrogen-bond donors (Lipinski definition) is 0. The Hall–Kier alpha value is 0.700. The summed E-state index contributed by atoms with van der Waals surface area (Å²) >= 11 is 0. The molecule has 0 amide bonds. The van der Waals surface area contributed by atoms with E-state index in [9.17, 15) is 0 Å². The molecule has 2 heteroatoms. The van der Waals surface area contributed by atoms with Crippen LogP contribution in [0.15, 0.2) is 0 Å². The van der Waals surface area contributed by atoms with Gasteiger partial charge in [-0.05, 0) is 25.2 Å². The van der Waals surface area contributed by atoms with E-state index in [0.29, 0.717) is 4.75 Å². The second-order valence-corrected chi connectivity index (χ2v) is 11.0. The van der Waals surface area contributed by atoms with E-state index in [1.807, 2.05) is 0 Å². The highest BCUT2D eigenvalue weighted by atomic mass is 33.1. The van der Waals surface area contributed by atoms with Crippen molar-refractivity contribution in [3.8, 4) is 0 Å². The Bertz CT molecular complexity index is 220. The van der Waals surface area contributed by atoms with Gasteiger partial charge in [0.2, 0.25) is 0 Å². The van der Waals surface area contributed by atoms with Gasteiger partial charge in [0.1, 0.15) is 0 Å². The zero-order valence-corrected chi connectivity index (χ0v) is 17.9. The van der Waals surface area contributed by atoms with Crippen LogP contribution in [0.25, 0.3) is 0 Å². The van der Waals surface area contributed by atoms with Crippen LogP contribution in [0.4, 0.5) is 0 Å². The van der Waals surface area contributed by atoms with Crippen LogP contribution in [0.3, 0.4) is 0 Å². The Morgan fingerprint density at radius 3 is 1.59 bits per heavy atom. The first-order chi connectivity index (χ1) is 10.4. The van der Waals surface area contributed by atoms with E-state index >= 15 is 0 Å². The lowest BCUT2D eigenvalue weighted by molar-refractivity contribution is 0.390. The molecule has 22 heavy (non-hydrogen) atoms. The van der Waals surface area contributed by atoms with Gasteiger partial charge in [-0.15, -0.1) is 0 Å². The molecule has 134 valence electrons. The maximum Gasteiger partial charge on any atom is 0.0179 e. The molecule has 0 aromatic rings. The second kappa shape index (κ2) is 14.1. The Kier molecular flexibility index (Phi) is 14.5. The van der Waals surface area contributed by atoms with Crippen LogP contribution >= 0.6 is 21.6 Å². The molecule has 0 heterocycles. The Morgan fingerprint density at radius 2 is 1.23 bits per heavy atom. The third-order valence-electron chi connectivity index (χ3n) is 4.21. The quantitative estimate of drug-likeness (QED) is 0.228. The first-order valence-corrected chi connectivity index (χ1v) is 12.0. The lowest BCUT2D eigenvalue weighted by Gasteiger charge is -2.28. The molecule has 0 aromatic heterocycles. The van der Waals surface area contributed by atoms with Gasteiger partial charge in [-0.3, -0.25) is 0 Å². The summed E-state index contributed by atoms with van der Waals surface area (Å²) < 4.78 is 0.382. The normalized spacial score (nSPS) is 13.8. The van der Waals surface area contributed by atoms with Crippen LogP contribution in [0, 0.1) is 5.92 Å². The van der Waals surface area contributed by atoms with Crippen molar-refractivity contribution in [1.29, 1.82) is 0 Å². The molecular formula is C20H42S2. The summed E-state index contributed by atoms with van der Waals surface area (Å²) in [6.07, 6.45) is 15.6. The molecule has 0 spiro atoms. The molecule has 0 rings (SSSR count). The van der Waals surface area contributed by atoms with Gasteiger partial charge in [-0.2, -0.15) is 0 Å². The average molecular weight is 347 g/mol. The molecule has 0 aliphatic carbocycles. The van der Waals surface area contributed by atoms with Crippen LogP contribution in [0.5, 0.6) is 0 Å². The number of hydrogen-bond acceptors (Lipinski definition) is 2. The lowest BCUT2D eigenvalue weighted by atomic mass is 9.90. The van der Waals surface area contributed by atoms with Crippen LogP contribution in [0.2, 0.25) is 0 Å². The highest BCUT2D eigenvalue weighted by Gasteiger charge is 2.23. The Balaban J connectivity index is 4.34. The zero-order chi connectivity index (χ0) is 16.8. The van der Waals surface area contributed by atoms with Crippen LogP contribution in [-0.2, 0) is 0 Å². The summed E-state index contributed by atoms with van der Waals surface area (Å²) in [4.78, 5) is 0.